The standard InChI is InChI=1S/C25H21N3O4/c1-30-15-11-12-16(23(13-15)31-2)20-14-21-17-7-3-6-10-22(17)32-25(28(21)27-20)18-8-4-5-9-19(18)26-24(25)29/h3-13,21H,14H2,1-2H3,(H,26,29). The third kappa shape index (κ3) is 2.42. The third-order valence-electron chi connectivity index (χ3n) is 6.34. The van der Waals surface area contributed by atoms with Gasteiger partial charge in [0.2, 0.25) is 0 Å². The quantitative estimate of drug-likeness (QED) is 0.683. The van der Waals surface area contributed by atoms with Gasteiger partial charge in [-0.1, -0.05) is 36.4 Å². The smallest absolute Gasteiger partial charge is 0.306 e. The number of carbonyl (C=O) groups is 1. The lowest BCUT2D eigenvalue weighted by Gasteiger charge is -2.43. The highest BCUT2D eigenvalue weighted by Crippen LogP contribution is 2.54. The van der Waals surface area contributed by atoms with E-state index in [-0.39, 0.29) is 11.9 Å². The Kier molecular flexibility index (Phi) is 3.95. The first-order valence-electron chi connectivity index (χ1n) is 10.4. The number of para-hydroxylation sites is 2. The first-order chi connectivity index (χ1) is 15.7. The van der Waals surface area contributed by atoms with Gasteiger partial charge in [0, 0.05) is 23.6 Å². The lowest BCUT2D eigenvalue weighted by molar-refractivity contribution is -0.161. The summed E-state index contributed by atoms with van der Waals surface area (Å²) in [6.45, 7) is 0. The fourth-order valence-corrected chi connectivity index (χ4v) is 4.84. The number of anilines is 1. The van der Waals surface area contributed by atoms with Crippen LogP contribution in [0.3, 0.4) is 0 Å². The summed E-state index contributed by atoms with van der Waals surface area (Å²) in [5.74, 6) is 1.82. The van der Waals surface area contributed by atoms with Crippen LogP contribution in [0.15, 0.2) is 71.8 Å². The minimum Gasteiger partial charge on any atom is -0.497 e. The van der Waals surface area contributed by atoms with E-state index in [4.69, 9.17) is 19.3 Å². The number of benzene rings is 3. The van der Waals surface area contributed by atoms with E-state index in [2.05, 4.69) is 5.32 Å². The Hall–Kier alpha value is -4.00. The van der Waals surface area contributed by atoms with Crippen LogP contribution < -0.4 is 19.5 Å². The minimum atomic E-state index is -1.36. The molecule has 160 valence electrons. The molecule has 1 spiro atoms. The molecule has 0 bridgehead atoms. The van der Waals surface area contributed by atoms with Gasteiger partial charge in [0.15, 0.2) is 0 Å². The first-order valence-corrected chi connectivity index (χ1v) is 10.4. The number of ether oxygens (including phenoxy) is 3. The molecule has 6 rings (SSSR count). The number of hydrogen-bond donors (Lipinski definition) is 1. The zero-order chi connectivity index (χ0) is 21.9. The molecule has 7 heteroatoms. The van der Waals surface area contributed by atoms with Crippen molar-refractivity contribution in [3.05, 3.63) is 83.4 Å². The van der Waals surface area contributed by atoms with Crippen molar-refractivity contribution in [3.8, 4) is 17.2 Å². The molecule has 2 atom stereocenters. The molecule has 32 heavy (non-hydrogen) atoms. The van der Waals surface area contributed by atoms with Gasteiger partial charge in [0.05, 0.1) is 37.2 Å². The molecule has 2 unspecified atom stereocenters. The third-order valence-corrected chi connectivity index (χ3v) is 6.34. The fraction of sp³-hybridized carbons (Fsp3) is 0.200. The Balaban J connectivity index is 1.55. The van der Waals surface area contributed by atoms with Gasteiger partial charge in [-0.2, -0.15) is 5.10 Å². The van der Waals surface area contributed by atoms with Gasteiger partial charge in [0.1, 0.15) is 17.2 Å². The van der Waals surface area contributed by atoms with Crippen LogP contribution in [0.2, 0.25) is 0 Å². The molecule has 3 aromatic carbocycles. The molecule has 3 heterocycles. The molecule has 3 aliphatic heterocycles. The van der Waals surface area contributed by atoms with Gasteiger partial charge in [0.25, 0.3) is 5.91 Å². The first kappa shape index (κ1) is 18.7. The topological polar surface area (TPSA) is 72.4 Å². The summed E-state index contributed by atoms with van der Waals surface area (Å²) in [6.07, 6.45) is 0.611. The highest BCUT2D eigenvalue weighted by Gasteiger charge is 2.60. The van der Waals surface area contributed by atoms with Gasteiger partial charge in [-0.15, -0.1) is 0 Å². The van der Waals surface area contributed by atoms with E-state index >= 15 is 0 Å². The molecule has 0 fully saturated rings. The zero-order valence-electron chi connectivity index (χ0n) is 17.7. The molecule has 1 amide bonds. The van der Waals surface area contributed by atoms with Crippen LogP contribution in [0.1, 0.15) is 29.2 Å². The second-order valence-corrected chi connectivity index (χ2v) is 7.96. The SMILES string of the molecule is COc1ccc(C2=NN3C(C2)c2ccccc2OC32C(=O)Nc3ccccc32)c(OC)c1. The van der Waals surface area contributed by atoms with Crippen molar-refractivity contribution in [2.75, 3.05) is 19.5 Å². The lowest BCUT2D eigenvalue weighted by Crippen LogP contribution is -2.55. The second kappa shape index (κ2) is 6.75. The number of nitrogens with zero attached hydrogens (tertiary/aromatic N) is 2. The summed E-state index contributed by atoms with van der Waals surface area (Å²) in [6, 6.07) is 21.0. The molecule has 3 aromatic rings. The Bertz CT molecular complexity index is 1290. The van der Waals surface area contributed by atoms with E-state index < -0.39 is 5.72 Å². The molecular formula is C25H21N3O4. The normalized spacial score (nSPS) is 22.4. The maximum absolute atomic E-state index is 13.4. The summed E-state index contributed by atoms with van der Waals surface area (Å²) < 4.78 is 17.4. The molecule has 0 radical (unpaired) electrons. The van der Waals surface area contributed by atoms with Crippen LogP contribution in [-0.2, 0) is 10.5 Å². The Morgan fingerprint density at radius 3 is 2.72 bits per heavy atom. The maximum atomic E-state index is 13.4. The van der Waals surface area contributed by atoms with Crippen LogP contribution >= 0.6 is 0 Å². The highest BCUT2D eigenvalue weighted by molar-refractivity contribution is 6.07. The average molecular weight is 427 g/mol. The monoisotopic (exact) mass is 427 g/mol. The number of nitrogens with one attached hydrogen (secondary N) is 1. The van der Waals surface area contributed by atoms with Crippen molar-refractivity contribution in [3.63, 3.8) is 0 Å². The summed E-state index contributed by atoms with van der Waals surface area (Å²) >= 11 is 0. The Morgan fingerprint density at radius 1 is 1.06 bits per heavy atom. The lowest BCUT2D eigenvalue weighted by atomic mass is 9.92. The van der Waals surface area contributed by atoms with E-state index in [1.807, 2.05) is 71.7 Å². The van der Waals surface area contributed by atoms with Crippen LogP contribution in [0.25, 0.3) is 0 Å². The Labute approximate surface area is 185 Å². The van der Waals surface area contributed by atoms with Crippen molar-refractivity contribution < 1.29 is 19.0 Å². The molecule has 0 aromatic heterocycles. The van der Waals surface area contributed by atoms with Crippen LogP contribution in [0.4, 0.5) is 5.69 Å². The zero-order valence-corrected chi connectivity index (χ0v) is 17.7. The van der Waals surface area contributed by atoms with E-state index in [9.17, 15) is 4.79 Å². The number of hydrazone groups is 1. The summed E-state index contributed by atoms with van der Waals surface area (Å²) in [7, 11) is 3.25. The molecule has 0 saturated heterocycles. The van der Waals surface area contributed by atoms with Crippen molar-refractivity contribution in [1.82, 2.24) is 5.01 Å². The van der Waals surface area contributed by atoms with Crippen molar-refractivity contribution in [2.45, 2.75) is 18.2 Å². The van der Waals surface area contributed by atoms with E-state index in [1.54, 1.807) is 14.2 Å². The number of carbonyl (C=O) groups excluding carboxylic acids is 1. The van der Waals surface area contributed by atoms with E-state index in [1.165, 1.54) is 0 Å². The van der Waals surface area contributed by atoms with Gasteiger partial charge < -0.3 is 19.5 Å². The summed E-state index contributed by atoms with van der Waals surface area (Å²) in [5, 5.41) is 9.76. The molecular weight excluding hydrogens is 406 g/mol. The predicted molar refractivity (Wildman–Crippen MR) is 119 cm³/mol. The van der Waals surface area contributed by atoms with E-state index in [0.717, 1.165) is 28.1 Å². The molecule has 7 nitrogen and oxygen atoms in total. The van der Waals surface area contributed by atoms with Crippen molar-refractivity contribution >= 4 is 17.3 Å². The van der Waals surface area contributed by atoms with Crippen LogP contribution in [0, 0.1) is 0 Å². The summed E-state index contributed by atoms with van der Waals surface area (Å²) in [5.41, 5.74) is 2.82. The van der Waals surface area contributed by atoms with Gasteiger partial charge in [-0.25, -0.2) is 5.01 Å². The average Bonchev–Trinajstić information content (AvgIpc) is 3.40. The second-order valence-electron chi connectivity index (χ2n) is 7.96. The maximum Gasteiger partial charge on any atom is 0.306 e. The number of fused-ring (bicyclic) bond motifs is 6. The molecule has 0 saturated carbocycles. The number of methoxy groups -OCH3 is 2. The van der Waals surface area contributed by atoms with Gasteiger partial charge in [-0.05, 0) is 24.3 Å². The minimum absolute atomic E-state index is 0.154. The molecule has 1 N–H and O–H groups in total. The highest BCUT2D eigenvalue weighted by atomic mass is 16.5. The number of rotatable bonds is 3. The number of hydrogen-bond acceptors (Lipinski definition) is 6. The van der Waals surface area contributed by atoms with Crippen molar-refractivity contribution in [2.24, 2.45) is 5.10 Å². The van der Waals surface area contributed by atoms with E-state index in [0.29, 0.717) is 23.7 Å². The summed E-state index contributed by atoms with van der Waals surface area (Å²) in [4.78, 5) is 13.4. The van der Waals surface area contributed by atoms with Crippen molar-refractivity contribution in [1.29, 1.82) is 0 Å². The number of amides is 1. The molecule has 0 aliphatic carbocycles. The van der Waals surface area contributed by atoms with Gasteiger partial charge in [-0.3, -0.25) is 4.79 Å². The largest absolute Gasteiger partial charge is 0.497 e. The van der Waals surface area contributed by atoms with Crippen LogP contribution in [0.5, 0.6) is 17.2 Å². The fourth-order valence-electron chi connectivity index (χ4n) is 4.84. The Morgan fingerprint density at radius 2 is 1.88 bits per heavy atom. The van der Waals surface area contributed by atoms with Crippen LogP contribution in [-0.4, -0.2) is 30.8 Å². The van der Waals surface area contributed by atoms with Gasteiger partial charge >= 0.3 is 5.72 Å². The predicted octanol–water partition coefficient (Wildman–Crippen LogP) is 4.05. The molecule has 3 aliphatic rings.